The first-order chi connectivity index (χ1) is 16.6. The van der Waals surface area contributed by atoms with Crippen molar-refractivity contribution >= 4 is 28.7 Å². The normalized spacial score (nSPS) is 14.1. The molecule has 1 aliphatic rings. The van der Waals surface area contributed by atoms with Gasteiger partial charge in [0.05, 0.1) is 6.10 Å². The van der Waals surface area contributed by atoms with E-state index in [0.29, 0.717) is 5.56 Å². The quantitative estimate of drug-likeness (QED) is 0.365. The molecule has 3 aromatic carbocycles. The maximum Gasteiger partial charge on any atom is 0.255 e. The Balaban J connectivity index is 1.16. The molecule has 0 saturated carbocycles. The van der Waals surface area contributed by atoms with E-state index in [9.17, 15) is 9.90 Å². The van der Waals surface area contributed by atoms with Crippen molar-refractivity contribution in [3.8, 4) is 5.69 Å². The molecule has 0 spiro atoms. The van der Waals surface area contributed by atoms with E-state index in [0.717, 1.165) is 54.4 Å². The molecule has 4 aromatic rings. The molecule has 5 rings (SSSR count). The number of aromatic nitrogens is 1. The highest BCUT2D eigenvalue weighted by atomic mass is 16.3. The molecule has 3 N–H and O–H groups in total. The second-order valence-electron chi connectivity index (χ2n) is 8.56. The Morgan fingerprint density at radius 1 is 0.735 bits per heavy atom. The third-order valence-corrected chi connectivity index (χ3v) is 6.16. The summed E-state index contributed by atoms with van der Waals surface area (Å²) in [5, 5.41) is 16.0. The summed E-state index contributed by atoms with van der Waals surface area (Å²) in [6, 6.07) is 27.5. The molecule has 34 heavy (non-hydrogen) atoms. The van der Waals surface area contributed by atoms with Crippen LogP contribution >= 0.6 is 0 Å². The molecule has 1 saturated heterocycles. The summed E-state index contributed by atoms with van der Waals surface area (Å²) in [6.45, 7) is 1.68. The van der Waals surface area contributed by atoms with Gasteiger partial charge in [0.1, 0.15) is 0 Å². The van der Waals surface area contributed by atoms with E-state index in [1.165, 1.54) is 0 Å². The van der Waals surface area contributed by atoms with Gasteiger partial charge in [-0.25, -0.2) is 0 Å². The Hall–Kier alpha value is -4.03. The fourth-order valence-corrected chi connectivity index (χ4v) is 4.18. The van der Waals surface area contributed by atoms with E-state index < -0.39 is 0 Å². The summed E-state index contributed by atoms with van der Waals surface area (Å²) < 4.78 is 2.06. The number of carbonyl (C=O) groups excluding carboxylic acids is 1. The van der Waals surface area contributed by atoms with Crippen molar-refractivity contribution < 1.29 is 9.90 Å². The van der Waals surface area contributed by atoms with Crippen LogP contribution in [0.15, 0.2) is 97.3 Å². The maximum atomic E-state index is 12.7. The smallest absolute Gasteiger partial charge is 0.255 e. The van der Waals surface area contributed by atoms with Crippen LogP contribution in [0.2, 0.25) is 0 Å². The van der Waals surface area contributed by atoms with Gasteiger partial charge >= 0.3 is 0 Å². The topological polar surface area (TPSA) is 69.5 Å². The minimum Gasteiger partial charge on any atom is -0.393 e. The second-order valence-corrected chi connectivity index (χ2v) is 8.56. The number of nitrogens with one attached hydrogen (secondary N) is 2. The van der Waals surface area contributed by atoms with Gasteiger partial charge < -0.3 is 25.2 Å². The number of carbonyl (C=O) groups is 1. The molecule has 6 nitrogen and oxygen atoms in total. The number of anilines is 4. The Morgan fingerprint density at radius 3 is 1.88 bits per heavy atom. The highest BCUT2D eigenvalue weighted by Gasteiger charge is 2.17. The predicted octanol–water partition coefficient (Wildman–Crippen LogP) is 5.43. The van der Waals surface area contributed by atoms with Crippen molar-refractivity contribution in [1.82, 2.24) is 4.57 Å². The molecule has 2 heterocycles. The number of amides is 1. The third-order valence-electron chi connectivity index (χ3n) is 6.16. The molecular formula is C28H28N4O2. The van der Waals surface area contributed by atoms with E-state index in [4.69, 9.17) is 0 Å². The molecular weight excluding hydrogens is 424 g/mol. The van der Waals surface area contributed by atoms with Crippen molar-refractivity contribution in [3.63, 3.8) is 0 Å². The fourth-order valence-electron chi connectivity index (χ4n) is 4.18. The first kappa shape index (κ1) is 21.8. The fraction of sp³-hybridized carbons (Fsp3) is 0.179. The summed E-state index contributed by atoms with van der Waals surface area (Å²) in [7, 11) is 0. The van der Waals surface area contributed by atoms with Gasteiger partial charge in [-0.3, -0.25) is 4.79 Å². The number of aliphatic hydroxyl groups is 1. The number of hydrogen-bond donors (Lipinski definition) is 3. The summed E-state index contributed by atoms with van der Waals surface area (Å²) in [6.07, 6.45) is 5.41. The van der Waals surface area contributed by atoms with Gasteiger partial charge in [-0.1, -0.05) is 0 Å². The number of hydrogen-bond acceptors (Lipinski definition) is 4. The number of benzene rings is 3. The van der Waals surface area contributed by atoms with E-state index >= 15 is 0 Å². The lowest BCUT2D eigenvalue weighted by Gasteiger charge is -2.31. The molecule has 1 aliphatic heterocycles. The predicted molar refractivity (Wildman–Crippen MR) is 137 cm³/mol. The van der Waals surface area contributed by atoms with E-state index in [1.54, 1.807) is 0 Å². The highest BCUT2D eigenvalue weighted by molar-refractivity contribution is 6.04. The zero-order chi connectivity index (χ0) is 23.3. The van der Waals surface area contributed by atoms with E-state index in [1.807, 2.05) is 85.2 Å². The third kappa shape index (κ3) is 5.13. The first-order valence-corrected chi connectivity index (χ1v) is 11.6. The van der Waals surface area contributed by atoms with Crippen LogP contribution in [0.3, 0.4) is 0 Å². The van der Waals surface area contributed by atoms with Crippen molar-refractivity contribution in [1.29, 1.82) is 0 Å². The second kappa shape index (κ2) is 9.85. The molecule has 1 amide bonds. The molecule has 0 bridgehead atoms. The number of rotatable bonds is 6. The highest BCUT2D eigenvalue weighted by Crippen LogP contribution is 2.23. The van der Waals surface area contributed by atoms with Crippen LogP contribution in [-0.2, 0) is 0 Å². The lowest BCUT2D eigenvalue weighted by atomic mass is 10.1. The van der Waals surface area contributed by atoms with Gasteiger partial charge in [-0.05, 0) is 97.8 Å². The zero-order valence-electron chi connectivity index (χ0n) is 18.9. The van der Waals surface area contributed by atoms with Crippen LogP contribution in [0.5, 0.6) is 0 Å². The average molecular weight is 453 g/mol. The van der Waals surface area contributed by atoms with Gasteiger partial charge in [0, 0.05) is 59.5 Å². The Bertz CT molecular complexity index is 1210. The Morgan fingerprint density at radius 2 is 1.26 bits per heavy atom. The standard InChI is InChI=1S/C28H28N4O2/c33-27-15-19-32(20-16-27)25-11-3-21(4-12-25)28(34)30-24-7-5-22(6-8-24)29-23-9-13-26(14-10-23)31-17-1-2-18-31/h1-14,17-18,27,29,33H,15-16,19-20H2,(H,30,34). The molecule has 0 radical (unpaired) electrons. The number of aliphatic hydroxyl groups excluding tert-OH is 1. The summed E-state index contributed by atoms with van der Waals surface area (Å²) in [4.78, 5) is 14.9. The van der Waals surface area contributed by atoms with Crippen LogP contribution < -0.4 is 15.5 Å². The summed E-state index contributed by atoms with van der Waals surface area (Å²) >= 11 is 0. The van der Waals surface area contributed by atoms with Crippen LogP contribution in [0.1, 0.15) is 23.2 Å². The molecule has 0 atom stereocenters. The van der Waals surface area contributed by atoms with Crippen molar-refractivity contribution in [2.24, 2.45) is 0 Å². The van der Waals surface area contributed by atoms with Gasteiger partial charge in [0.25, 0.3) is 5.91 Å². The van der Waals surface area contributed by atoms with Crippen LogP contribution in [0, 0.1) is 0 Å². The maximum absolute atomic E-state index is 12.7. The Labute approximate surface area is 199 Å². The molecule has 1 fully saturated rings. The van der Waals surface area contributed by atoms with Gasteiger partial charge in [0.15, 0.2) is 0 Å². The van der Waals surface area contributed by atoms with Gasteiger partial charge in [-0.15, -0.1) is 0 Å². The minimum atomic E-state index is -0.196. The van der Waals surface area contributed by atoms with E-state index in [2.05, 4.69) is 32.2 Å². The molecule has 1 aromatic heterocycles. The summed E-state index contributed by atoms with van der Waals surface area (Å²) in [5.74, 6) is -0.137. The summed E-state index contributed by atoms with van der Waals surface area (Å²) in [5.41, 5.74) is 5.49. The number of piperidine rings is 1. The largest absolute Gasteiger partial charge is 0.393 e. The average Bonchev–Trinajstić information content (AvgIpc) is 3.41. The monoisotopic (exact) mass is 452 g/mol. The first-order valence-electron chi connectivity index (χ1n) is 11.6. The zero-order valence-corrected chi connectivity index (χ0v) is 18.9. The van der Waals surface area contributed by atoms with Crippen LogP contribution in [0.25, 0.3) is 5.69 Å². The lowest BCUT2D eigenvalue weighted by Crippen LogP contribution is -2.35. The molecule has 6 heteroatoms. The van der Waals surface area contributed by atoms with Crippen molar-refractivity contribution in [2.45, 2.75) is 18.9 Å². The lowest BCUT2D eigenvalue weighted by molar-refractivity contribution is 0.102. The van der Waals surface area contributed by atoms with Crippen molar-refractivity contribution in [3.05, 3.63) is 103 Å². The van der Waals surface area contributed by atoms with Crippen molar-refractivity contribution in [2.75, 3.05) is 28.6 Å². The van der Waals surface area contributed by atoms with Gasteiger partial charge in [0.2, 0.25) is 0 Å². The minimum absolute atomic E-state index is 0.137. The molecule has 0 unspecified atom stereocenters. The Kier molecular flexibility index (Phi) is 6.31. The molecule has 172 valence electrons. The number of nitrogens with zero attached hydrogens (tertiary/aromatic N) is 2. The van der Waals surface area contributed by atoms with E-state index in [-0.39, 0.29) is 12.0 Å². The molecule has 0 aliphatic carbocycles. The van der Waals surface area contributed by atoms with Gasteiger partial charge in [-0.2, -0.15) is 0 Å². The van der Waals surface area contributed by atoms with Crippen LogP contribution in [0.4, 0.5) is 22.7 Å². The SMILES string of the molecule is O=C(Nc1ccc(Nc2ccc(-n3cccc3)cc2)cc1)c1ccc(N2CCC(O)CC2)cc1. The van der Waals surface area contributed by atoms with Crippen LogP contribution in [-0.4, -0.2) is 34.8 Å².